The summed E-state index contributed by atoms with van der Waals surface area (Å²) < 4.78 is 21.0. The van der Waals surface area contributed by atoms with Gasteiger partial charge < -0.3 is 19.3 Å². The number of amides is 1. The van der Waals surface area contributed by atoms with Gasteiger partial charge in [0.05, 0.1) is 18.9 Å². The van der Waals surface area contributed by atoms with Gasteiger partial charge in [-0.05, 0) is 30.3 Å². The average Bonchev–Trinajstić information content (AvgIpc) is 3.08. The Kier molecular flexibility index (Phi) is 4.12. The van der Waals surface area contributed by atoms with Gasteiger partial charge in [-0.3, -0.25) is 4.79 Å². The molecule has 0 radical (unpaired) electrons. The van der Waals surface area contributed by atoms with Gasteiger partial charge in [-0.2, -0.15) is 0 Å². The molecule has 1 aromatic carbocycles. The van der Waals surface area contributed by atoms with Gasteiger partial charge in [0.1, 0.15) is 5.82 Å². The summed E-state index contributed by atoms with van der Waals surface area (Å²) in [5.74, 6) is -2.20. The van der Waals surface area contributed by atoms with E-state index in [2.05, 4.69) is 0 Å². The monoisotopic (exact) mass is 318 g/mol. The van der Waals surface area contributed by atoms with Crippen LogP contribution in [0.4, 0.5) is 4.39 Å². The third-order valence-electron chi connectivity index (χ3n) is 3.75. The maximum absolute atomic E-state index is 14.3. The van der Waals surface area contributed by atoms with Gasteiger partial charge in [0.2, 0.25) is 0 Å². The normalized spacial score (nSPS) is 18.0. The van der Waals surface area contributed by atoms with Crippen LogP contribution in [0.2, 0.25) is 0 Å². The molecule has 2 heterocycles. The van der Waals surface area contributed by atoms with Crippen molar-refractivity contribution in [2.75, 3.05) is 19.8 Å². The largest absolute Gasteiger partial charge is 0.480 e. The van der Waals surface area contributed by atoms with Crippen molar-refractivity contribution in [3.05, 3.63) is 54.1 Å². The third-order valence-corrected chi connectivity index (χ3v) is 3.75. The highest BCUT2D eigenvalue weighted by atomic mass is 19.1. The maximum Gasteiger partial charge on any atom is 0.328 e. The molecule has 6 nitrogen and oxygen atoms in total. The molecular formula is C16H15FN2O4. The molecule has 1 amide bonds. The van der Waals surface area contributed by atoms with Crippen molar-refractivity contribution in [1.29, 1.82) is 0 Å². The minimum Gasteiger partial charge on any atom is -0.480 e. The van der Waals surface area contributed by atoms with Crippen LogP contribution >= 0.6 is 0 Å². The first-order valence-electron chi connectivity index (χ1n) is 7.12. The molecule has 0 unspecified atom stereocenters. The number of morpholine rings is 1. The second-order valence-corrected chi connectivity index (χ2v) is 5.18. The van der Waals surface area contributed by atoms with E-state index in [0.717, 1.165) is 6.07 Å². The molecule has 120 valence electrons. The smallest absolute Gasteiger partial charge is 0.328 e. The number of hydrogen-bond donors (Lipinski definition) is 1. The lowest BCUT2D eigenvalue weighted by Crippen LogP contribution is -2.52. The second kappa shape index (κ2) is 6.21. The first-order chi connectivity index (χ1) is 11.1. The lowest BCUT2D eigenvalue weighted by atomic mass is 10.1. The zero-order chi connectivity index (χ0) is 16.4. The summed E-state index contributed by atoms with van der Waals surface area (Å²) in [7, 11) is 0. The van der Waals surface area contributed by atoms with Crippen LogP contribution in [0.1, 0.15) is 10.4 Å². The Bertz CT molecular complexity index is 730. The predicted molar refractivity (Wildman–Crippen MR) is 79.0 cm³/mol. The lowest BCUT2D eigenvalue weighted by molar-refractivity contribution is -0.147. The quantitative estimate of drug-likeness (QED) is 0.932. The molecule has 1 saturated heterocycles. The van der Waals surface area contributed by atoms with Crippen molar-refractivity contribution >= 4 is 11.9 Å². The van der Waals surface area contributed by atoms with E-state index in [1.54, 1.807) is 29.1 Å². The number of carboxylic acid groups (broad SMARTS) is 1. The van der Waals surface area contributed by atoms with Crippen LogP contribution < -0.4 is 0 Å². The number of hydrogen-bond acceptors (Lipinski definition) is 3. The van der Waals surface area contributed by atoms with Crippen LogP contribution in [-0.4, -0.2) is 52.3 Å². The van der Waals surface area contributed by atoms with Crippen molar-refractivity contribution in [3.63, 3.8) is 0 Å². The highest BCUT2D eigenvalue weighted by Gasteiger charge is 2.33. The van der Waals surface area contributed by atoms with E-state index in [0.29, 0.717) is 5.69 Å². The highest BCUT2D eigenvalue weighted by molar-refractivity contribution is 5.97. The number of rotatable bonds is 3. The van der Waals surface area contributed by atoms with Crippen LogP contribution in [0.5, 0.6) is 0 Å². The highest BCUT2D eigenvalue weighted by Crippen LogP contribution is 2.18. The standard InChI is InChI=1S/C16H15FN2O4/c17-12-9-11(3-4-13(12)18-5-1-2-6-18)15(20)19-7-8-23-10-14(19)16(21)22/h1-6,9,14H,7-8,10H2,(H,21,22)/t14-/m1/s1. The lowest BCUT2D eigenvalue weighted by Gasteiger charge is -2.32. The number of nitrogens with zero attached hydrogens (tertiary/aromatic N) is 2. The van der Waals surface area contributed by atoms with E-state index in [-0.39, 0.29) is 25.3 Å². The number of ether oxygens (including phenoxy) is 1. The first kappa shape index (κ1) is 15.2. The van der Waals surface area contributed by atoms with E-state index in [1.807, 2.05) is 0 Å². The summed E-state index contributed by atoms with van der Waals surface area (Å²) in [6.07, 6.45) is 3.39. The SMILES string of the molecule is O=C(O)[C@H]1COCCN1C(=O)c1ccc(-n2cccc2)c(F)c1. The molecule has 1 aliphatic heterocycles. The van der Waals surface area contributed by atoms with Crippen molar-refractivity contribution in [1.82, 2.24) is 9.47 Å². The Morgan fingerprint density at radius 2 is 2.00 bits per heavy atom. The molecule has 1 aliphatic rings. The fraction of sp³-hybridized carbons (Fsp3) is 0.250. The van der Waals surface area contributed by atoms with Gasteiger partial charge in [0, 0.05) is 24.5 Å². The Balaban J connectivity index is 1.87. The number of aliphatic carboxylic acids is 1. The number of carbonyl (C=O) groups excluding carboxylic acids is 1. The summed E-state index contributed by atoms with van der Waals surface area (Å²) in [6, 6.07) is 6.61. The zero-order valence-corrected chi connectivity index (χ0v) is 12.2. The van der Waals surface area contributed by atoms with E-state index in [1.165, 1.54) is 17.0 Å². The van der Waals surface area contributed by atoms with Crippen LogP contribution in [0.15, 0.2) is 42.7 Å². The predicted octanol–water partition coefficient (Wildman–Crippen LogP) is 1.54. The summed E-state index contributed by atoms with van der Waals surface area (Å²) in [5, 5.41) is 9.18. The van der Waals surface area contributed by atoms with Crippen LogP contribution in [0.25, 0.3) is 5.69 Å². The Morgan fingerprint density at radius 3 is 2.65 bits per heavy atom. The first-order valence-corrected chi connectivity index (χ1v) is 7.12. The Hall–Kier alpha value is -2.67. The molecule has 7 heteroatoms. The van der Waals surface area contributed by atoms with E-state index in [9.17, 15) is 19.1 Å². The maximum atomic E-state index is 14.3. The number of aromatic nitrogens is 1. The molecule has 23 heavy (non-hydrogen) atoms. The molecule has 1 fully saturated rings. The summed E-state index contributed by atoms with van der Waals surface area (Å²) in [4.78, 5) is 24.9. The molecule has 0 aliphatic carbocycles. The number of benzene rings is 1. The van der Waals surface area contributed by atoms with E-state index in [4.69, 9.17) is 4.74 Å². The number of carbonyl (C=O) groups is 2. The number of carboxylic acids is 1. The van der Waals surface area contributed by atoms with Crippen LogP contribution in [-0.2, 0) is 9.53 Å². The molecule has 3 rings (SSSR count). The van der Waals surface area contributed by atoms with Crippen molar-refractivity contribution in [2.24, 2.45) is 0 Å². The summed E-state index contributed by atoms with van der Waals surface area (Å²) in [5.41, 5.74) is 0.440. The van der Waals surface area contributed by atoms with E-state index >= 15 is 0 Å². The fourth-order valence-corrected chi connectivity index (χ4v) is 2.56. The van der Waals surface area contributed by atoms with Crippen molar-refractivity contribution < 1.29 is 23.8 Å². The van der Waals surface area contributed by atoms with Crippen molar-refractivity contribution in [2.45, 2.75) is 6.04 Å². The van der Waals surface area contributed by atoms with Gasteiger partial charge in [-0.15, -0.1) is 0 Å². The average molecular weight is 318 g/mol. The molecule has 1 atom stereocenters. The van der Waals surface area contributed by atoms with Crippen LogP contribution in [0, 0.1) is 5.82 Å². The Morgan fingerprint density at radius 1 is 1.26 bits per heavy atom. The van der Waals surface area contributed by atoms with E-state index < -0.39 is 23.7 Å². The molecule has 0 spiro atoms. The molecular weight excluding hydrogens is 303 g/mol. The van der Waals surface area contributed by atoms with Crippen molar-refractivity contribution in [3.8, 4) is 5.69 Å². The molecule has 0 bridgehead atoms. The van der Waals surface area contributed by atoms with Gasteiger partial charge in [0.25, 0.3) is 5.91 Å². The minimum absolute atomic E-state index is 0.0645. The Labute approximate surface area is 131 Å². The molecule has 2 aromatic rings. The third kappa shape index (κ3) is 2.95. The topological polar surface area (TPSA) is 71.8 Å². The van der Waals surface area contributed by atoms with Gasteiger partial charge >= 0.3 is 5.97 Å². The van der Waals surface area contributed by atoms with Gasteiger partial charge in [0.15, 0.2) is 6.04 Å². The fourth-order valence-electron chi connectivity index (χ4n) is 2.56. The molecule has 0 saturated carbocycles. The number of halogens is 1. The molecule has 1 N–H and O–H groups in total. The minimum atomic E-state index is -1.14. The zero-order valence-electron chi connectivity index (χ0n) is 12.2. The summed E-state index contributed by atoms with van der Waals surface area (Å²) >= 11 is 0. The van der Waals surface area contributed by atoms with Crippen LogP contribution in [0.3, 0.4) is 0 Å². The summed E-state index contributed by atoms with van der Waals surface area (Å²) in [6.45, 7) is 0.362. The second-order valence-electron chi connectivity index (χ2n) is 5.18. The van der Waals surface area contributed by atoms with Gasteiger partial charge in [-0.25, -0.2) is 9.18 Å². The van der Waals surface area contributed by atoms with Gasteiger partial charge in [-0.1, -0.05) is 0 Å². The molecule has 1 aromatic heterocycles.